The van der Waals surface area contributed by atoms with Gasteiger partial charge in [0.25, 0.3) is 0 Å². The van der Waals surface area contributed by atoms with E-state index in [1.165, 1.54) is 167 Å². The van der Waals surface area contributed by atoms with E-state index < -0.39 is 26.5 Å². The van der Waals surface area contributed by atoms with E-state index in [9.17, 15) is 19.0 Å². The Labute approximate surface area is 597 Å². The number of hydrogen-bond acceptors (Lipinski definition) is 8. The molecule has 0 heterocycles. The Hall–Kier alpha value is -4.63. The van der Waals surface area contributed by atoms with Crippen molar-refractivity contribution in [2.75, 3.05) is 26.4 Å². The molecule has 0 aromatic heterocycles. The van der Waals surface area contributed by atoms with Gasteiger partial charge in [-0.05, 0) is 135 Å². The summed E-state index contributed by atoms with van der Waals surface area (Å²) in [4.78, 5) is 35.4. The minimum Gasteiger partial charge on any atom is -0.462 e. The number of carbonyl (C=O) groups excluding carboxylic acids is 2. The molecule has 3 N–H and O–H groups in total. The predicted molar refractivity (Wildman–Crippen MR) is 422 cm³/mol. The molecule has 2 atom stereocenters. The monoisotopic (exact) mass is 1360 g/mol. The van der Waals surface area contributed by atoms with Gasteiger partial charge in [0.05, 0.1) is 13.2 Å². The summed E-state index contributed by atoms with van der Waals surface area (Å²) >= 11 is 0. The lowest BCUT2D eigenvalue weighted by molar-refractivity contribution is -0.161. The number of carbonyl (C=O) groups is 2. The van der Waals surface area contributed by atoms with Gasteiger partial charge >= 0.3 is 19.8 Å². The standard InChI is InChI=1S/C87H146NO8P/c1-3-5-7-9-11-13-15-17-19-21-23-25-27-29-31-33-35-37-39-41-42-44-46-48-50-52-54-56-58-60-62-64-66-68-70-72-74-76-78-80-87(90)96-85(84-95-97(91,92)94-82-81-88)83-93-86(89)79-77-75-73-71-69-67-65-63-61-59-57-55-53-51-49-47-45-43-40-38-36-34-32-30-28-26-24-22-20-18-16-14-12-10-8-6-4-2/h5,7,11,13,16-19,22-25,28-31,35,37,41-42,46,48,52,54,58,60,64,66,85H,3-4,6,8-10,12,14-15,20-21,26-27,32-34,36,38-40,43-45,47,49-51,53,55-57,59,61-63,65,67-84,88H2,1-2H3,(H,91,92)/b7-5-,13-11-,18-16-,19-17-,24-22-,25-23-,30-28-,31-29-,37-35-,42-41-,48-46-,54-52-,60-58-,66-64-. The lowest BCUT2D eigenvalue weighted by Gasteiger charge is -2.19. The van der Waals surface area contributed by atoms with Crippen molar-refractivity contribution in [3.05, 3.63) is 170 Å². The van der Waals surface area contributed by atoms with Crippen LogP contribution in [0.1, 0.15) is 335 Å². The zero-order valence-corrected chi connectivity index (χ0v) is 63.2. The van der Waals surface area contributed by atoms with Crippen molar-refractivity contribution < 1.29 is 37.6 Å². The van der Waals surface area contributed by atoms with Gasteiger partial charge in [-0.2, -0.15) is 0 Å². The topological polar surface area (TPSA) is 134 Å². The van der Waals surface area contributed by atoms with Crippen LogP contribution in [0.3, 0.4) is 0 Å². The first kappa shape index (κ1) is 92.4. The largest absolute Gasteiger partial charge is 0.472 e. The van der Waals surface area contributed by atoms with E-state index in [2.05, 4.69) is 184 Å². The molecule has 2 unspecified atom stereocenters. The lowest BCUT2D eigenvalue weighted by atomic mass is 10.0. The highest BCUT2D eigenvalue weighted by molar-refractivity contribution is 7.47. The van der Waals surface area contributed by atoms with Crippen molar-refractivity contribution in [1.29, 1.82) is 0 Å². The van der Waals surface area contributed by atoms with Gasteiger partial charge in [-0.1, -0.05) is 357 Å². The van der Waals surface area contributed by atoms with Crippen LogP contribution in [-0.2, 0) is 32.7 Å². The van der Waals surface area contributed by atoms with Crippen molar-refractivity contribution >= 4 is 19.8 Å². The molecule has 0 saturated heterocycles. The summed E-state index contributed by atoms with van der Waals surface area (Å²) in [6.07, 6.45) is 119. The summed E-state index contributed by atoms with van der Waals surface area (Å²) < 4.78 is 33.2. The molecule has 0 aliphatic carbocycles. The Kier molecular flexibility index (Phi) is 76.5. The molecule has 0 radical (unpaired) electrons. The Morgan fingerprint density at radius 3 is 0.845 bits per heavy atom. The quantitative estimate of drug-likeness (QED) is 0.0264. The molecule has 0 spiro atoms. The van der Waals surface area contributed by atoms with Gasteiger partial charge in [0.15, 0.2) is 6.10 Å². The Balaban J connectivity index is 3.92. The van der Waals surface area contributed by atoms with Gasteiger partial charge in [-0.25, -0.2) is 4.57 Å². The first-order valence-electron chi connectivity index (χ1n) is 39.6. The highest BCUT2D eigenvalue weighted by Crippen LogP contribution is 2.43. The van der Waals surface area contributed by atoms with E-state index in [1.54, 1.807) is 0 Å². The van der Waals surface area contributed by atoms with Crippen LogP contribution in [0.4, 0.5) is 0 Å². The Morgan fingerprint density at radius 1 is 0.320 bits per heavy atom. The van der Waals surface area contributed by atoms with Crippen molar-refractivity contribution in [3.63, 3.8) is 0 Å². The molecule has 0 fully saturated rings. The molecule has 0 bridgehead atoms. The zero-order valence-electron chi connectivity index (χ0n) is 62.3. The van der Waals surface area contributed by atoms with Crippen molar-refractivity contribution in [2.24, 2.45) is 5.73 Å². The third-order valence-corrected chi connectivity index (χ3v) is 17.6. The zero-order chi connectivity index (χ0) is 70.0. The summed E-state index contributed by atoms with van der Waals surface area (Å²) in [7, 11) is -4.41. The lowest BCUT2D eigenvalue weighted by Crippen LogP contribution is -2.29. The van der Waals surface area contributed by atoms with E-state index in [0.717, 1.165) is 135 Å². The van der Waals surface area contributed by atoms with E-state index >= 15 is 0 Å². The van der Waals surface area contributed by atoms with Crippen molar-refractivity contribution in [1.82, 2.24) is 0 Å². The second kappa shape index (κ2) is 80.3. The molecule has 552 valence electrons. The molecule has 0 aromatic carbocycles. The van der Waals surface area contributed by atoms with Crippen LogP contribution in [0.5, 0.6) is 0 Å². The number of ether oxygens (including phenoxy) is 2. The van der Waals surface area contributed by atoms with Gasteiger partial charge in [-0.15, -0.1) is 0 Å². The second-order valence-electron chi connectivity index (χ2n) is 25.8. The summed E-state index contributed by atoms with van der Waals surface area (Å²) in [5.74, 6) is -0.850. The fourth-order valence-electron chi connectivity index (χ4n) is 10.8. The second-order valence-corrected chi connectivity index (χ2v) is 27.3. The van der Waals surface area contributed by atoms with Gasteiger partial charge in [0.1, 0.15) is 6.61 Å². The first-order valence-corrected chi connectivity index (χ1v) is 41.1. The maximum atomic E-state index is 12.8. The molecular formula is C87H146NO8P. The predicted octanol–water partition coefficient (Wildman–Crippen LogP) is 26.9. The smallest absolute Gasteiger partial charge is 0.462 e. The highest BCUT2D eigenvalue weighted by atomic mass is 31.2. The molecule has 0 aliphatic rings. The van der Waals surface area contributed by atoms with Crippen LogP contribution in [0.15, 0.2) is 170 Å². The van der Waals surface area contributed by atoms with Gasteiger partial charge < -0.3 is 20.1 Å². The summed E-state index contributed by atoms with van der Waals surface area (Å²) in [6, 6.07) is 0. The number of nitrogens with two attached hydrogens (primary N) is 1. The van der Waals surface area contributed by atoms with Gasteiger partial charge in [0, 0.05) is 19.4 Å². The summed E-state index contributed by atoms with van der Waals surface area (Å²) in [5, 5.41) is 0. The summed E-state index contributed by atoms with van der Waals surface area (Å²) in [6.45, 7) is 3.61. The highest BCUT2D eigenvalue weighted by Gasteiger charge is 2.26. The average Bonchev–Trinajstić information content (AvgIpc) is 2.88. The third-order valence-electron chi connectivity index (χ3n) is 16.6. The molecule has 0 aliphatic heterocycles. The fourth-order valence-corrected chi connectivity index (χ4v) is 11.5. The number of rotatable bonds is 73. The number of allylic oxidation sites excluding steroid dienone is 28. The van der Waals surface area contributed by atoms with Gasteiger partial charge in [0.2, 0.25) is 0 Å². The van der Waals surface area contributed by atoms with Gasteiger partial charge in [-0.3, -0.25) is 18.6 Å². The molecule has 9 nitrogen and oxygen atoms in total. The van der Waals surface area contributed by atoms with E-state index in [1.807, 2.05) is 0 Å². The molecule has 0 rings (SSSR count). The molecular weight excluding hydrogens is 1220 g/mol. The van der Waals surface area contributed by atoms with Crippen LogP contribution in [0.2, 0.25) is 0 Å². The van der Waals surface area contributed by atoms with Crippen LogP contribution in [0.25, 0.3) is 0 Å². The molecule has 0 amide bonds. The minimum atomic E-state index is -4.41. The van der Waals surface area contributed by atoms with Crippen LogP contribution < -0.4 is 5.73 Å². The number of phosphoric acid groups is 1. The van der Waals surface area contributed by atoms with Crippen molar-refractivity contribution in [2.45, 2.75) is 341 Å². The van der Waals surface area contributed by atoms with Crippen LogP contribution in [0, 0.1) is 0 Å². The minimum absolute atomic E-state index is 0.0430. The Morgan fingerprint density at radius 2 is 0.567 bits per heavy atom. The normalized spacial score (nSPS) is 13.8. The van der Waals surface area contributed by atoms with E-state index in [0.29, 0.717) is 6.42 Å². The first-order chi connectivity index (χ1) is 47.8. The average molecular weight is 1370 g/mol. The molecule has 0 aromatic rings. The van der Waals surface area contributed by atoms with Crippen molar-refractivity contribution in [3.8, 4) is 0 Å². The summed E-state index contributed by atoms with van der Waals surface area (Å²) in [5.41, 5.74) is 5.41. The SMILES string of the molecule is CC/C=C\C/C=C\C/C=C\C/C=C\C/C=C\C/C=C\C/C=C\C/C=C\C/C=C\C/C=C\C/C=C\CCCCCCCC(=O)OC(COC(=O)CCCCCCCCCCCCCCCCCCCCCCCC/C=C\C/C=C\C/C=C\CCCCCCC)COP(=O)(O)OCCN. The maximum Gasteiger partial charge on any atom is 0.472 e. The number of phosphoric ester groups is 1. The van der Waals surface area contributed by atoms with Crippen LogP contribution >= 0.6 is 7.82 Å². The van der Waals surface area contributed by atoms with E-state index in [-0.39, 0.29) is 38.6 Å². The van der Waals surface area contributed by atoms with Crippen LogP contribution in [-0.4, -0.2) is 49.3 Å². The number of hydrogen-bond donors (Lipinski definition) is 2. The third kappa shape index (κ3) is 80.2. The number of esters is 2. The molecule has 0 saturated carbocycles. The maximum absolute atomic E-state index is 12.8. The Bertz CT molecular complexity index is 2210. The fraction of sp³-hybridized carbons (Fsp3) is 0.655. The number of unbranched alkanes of at least 4 members (excludes halogenated alkanes) is 32. The van der Waals surface area contributed by atoms with E-state index in [4.69, 9.17) is 24.3 Å². The molecule has 97 heavy (non-hydrogen) atoms. The molecule has 10 heteroatoms.